The summed E-state index contributed by atoms with van der Waals surface area (Å²) >= 11 is 3.17. The Kier molecular flexibility index (Phi) is 4.46. The molecule has 0 saturated heterocycles. The summed E-state index contributed by atoms with van der Waals surface area (Å²) < 4.78 is 12.6. The average Bonchev–Trinajstić information content (AvgIpc) is 2.41. The minimum Gasteiger partial charge on any atom is -0.396 e. The third-order valence-electron chi connectivity index (χ3n) is 2.56. The van der Waals surface area contributed by atoms with Crippen LogP contribution in [-0.2, 0) is 16.6 Å². The van der Waals surface area contributed by atoms with Gasteiger partial charge in [-0.25, -0.2) is 4.98 Å². The van der Waals surface area contributed by atoms with Gasteiger partial charge in [0, 0.05) is 12.3 Å². The van der Waals surface area contributed by atoms with Crippen molar-refractivity contribution in [3.63, 3.8) is 0 Å². The summed E-state index contributed by atoms with van der Waals surface area (Å²) in [5, 5.41) is 11.1. The highest BCUT2D eigenvalue weighted by molar-refractivity contribution is 9.10. The first-order valence-electron chi connectivity index (χ1n) is 5.51. The minimum absolute atomic E-state index is 0.0616. The van der Waals surface area contributed by atoms with Gasteiger partial charge in [-0.3, -0.25) is 14.3 Å². The molecule has 1 aromatic carbocycles. The van der Waals surface area contributed by atoms with Gasteiger partial charge < -0.3 is 5.73 Å². The van der Waals surface area contributed by atoms with Crippen LogP contribution in [0.4, 0.5) is 11.4 Å². The van der Waals surface area contributed by atoms with E-state index in [1.54, 1.807) is 24.3 Å². The second-order valence-corrected chi connectivity index (χ2v) is 6.05. The Balaban J connectivity index is 2.32. The minimum atomic E-state index is -1.47. The van der Waals surface area contributed by atoms with Crippen molar-refractivity contribution in [3.05, 3.63) is 56.7 Å². The van der Waals surface area contributed by atoms with Gasteiger partial charge in [-0.05, 0) is 33.6 Å². The maximum Gasteiger partial charge on any atom is 0.283 e. The van der Waals surface area contributed by atoms with Crippen LogP contribution < -0.4 is 5.73 Å². The molecule has 8 heteroatoms. The van der Waals surface area contributed by atoms with E-state index in [2.05, 4.69) is 20.9 Å². The van der Waals surface area contributed by atoms with E-state index in [1.165, 1.54) is 12.3 Å². The molecule has 1 heterocycles. The van der Waals surface area contributed by atoms with Gasteiger partial charge in [0.05, 0.1) is 31.6 Å². The molecular weight excluding hydrogens is 346 g/mol. The van der Waals surface area contributed by atoms with Gasteiger partial charge in [0.1, 0.15) is 5.03 Å². The molecule has 0 fully saturated rings. The number of nitro groups is 1. The predicted octanol–water partition coefficient (Wildman–Crippen LogP) is 2.64. The van der Waals surface area contributed by atoms with E-state index >= 15 is 0 Å². The topological polar surface area (TPSA) is 99.1 Å². The Hall–Kier alpha value is -1.80. The Bertz CT molecular complexity index is 693. The number of aromatic nitrogens is 1. The summed E-state index contributed by atoms with van der Waals surface area (Å²) in [6, 6.07) is 7.87. The van der Waals surface area contributed by atoms with Crippen molar-refractivity contribution in [2.24, 2.45) is 0 Å². The van der Waals surface area contributed by atoms with Crippen molar-refractivity contribution in [2.45, 2.75) is 10.8 Å². The summed E-state index contributed by atoms with van der Waals surface area (Å²) in [6.45, 7) is 0. The molecule has 0 aliphatic carbocycles. The number of nitrogens with zero attached hydrogens (tertiary/aromatic N) is 2. The molecule has 2 aromatic rings. The van der Waals surface area contributed by atoms with Crippen molar-refractivity contribution in [1.82, 2.24) is 4.98 Å². The van der Waals surface area contributed by atoms with Gasteiger partial charge in [-0.1, -0.05) is 12.1 Å². The van der Waals surface area contributed by atoms with Gasteiger partial charge in [0.25, 0.3) is 5.69 Å². The van der Waals surface area contributed by atoms with E-state index in [1.807, 2.05) is 0 Å². The highest BCUT2D eigenvalue weighted by Crippen LogP contribution is 2.30. The Morgan fingerprint density at radius 2 is 2.10 bits per heavy atom. The summed E-state index contributed by atoms with van der Waals surface area (Å²) in [6.07, 6.45) is 1.51. The van der Waals surface area contributed by atoms with Gasteiger partial charge in [0.15, 0.2) is 0 Å². The summed E-state index contributed by atoms with van der Waals surface area (Å²) in [5.41, 5.74) is 6.57. The molecule has 0 bridgehead atoms. The standard InChI is InChI=1S/C12H10BrN3O3S/c13-11-8(3-1-5-10(11)16(17)18)7-20(19)12-9(14)4-2-6-15-12/h1-6H,7,14H2. The fourth-order valence-corrected chi connectivity index (χ4v) is 3.53. The number of benzene rings is 1. The first kappa shape index (κ1) is 14.6. The number of hydrogen-bond donors (Lipinski definition) is 1. The summed E-state index contributed by atoms with van der Waals surface area (Å²) in [4.78, 5) is 14.3. The molecule has 2 N–H and O–H groups in total. The largest absolute Gasteiger partial charge is 0.396 e. The zero-order chi connectivity index (χ0) is 14.7. The van der Waals surface area contributed by atoms with Crippen LogP contribution in [-0.4, -0.2) is 14.1 Å². The van der Waals surface area contributed by atoms with Crippen LogP contribution in [0.1, 0.15) is 5.56 Å². The first-order chi connectivity index (χ1) is 9.50. The Labute approximate surface area is 125 Å². The molecule has 0 saturated carbocycles. The number of pyridine rings is 1. The highest BCUT2D eigenvalue weighted by Gasteiger charge is 2.18. The van der Waals surface area contributed by atoms with Crippen LogP contribution in [0.5, 0.6) is 0 Å². The lowest BCUT2D eigenvalue weighted by Gasteiger charge is -2.06. The number of rotatable bonds is 4. The van der Waals surface area contributed by atoms with Crippen molar-refractivity contribution in [3.8, 4) is 0 Å². The quantitative estimate of drug-likeness (QED) is 0.671. The van der Waals surface area contributed by atoms with Crippen LogP contribution in [0.25, 0.3) is 0 Å². The Morgan fingerprint density at radius 1 is 1.35 bits per heavy atom. The summed E-state index contributed by atoms with van der Waals surface area (Å²) in [5.74, 6) is 0.101. The predicted molar refractivity (Wildman–Crippen MR) is 79.6 cm³/mol. The van der Waals surface area contributed by atoms with E-state index < -0.39 is 15.7 Å². The third kappa shape index (κ3) is 3.02. The maximum absolute atomic E-state index is 12.2. The van der Waals surface area contributed by atoms with Crippen LogP contribution in [0, 0.1) is 10.1 Å². The normalized spacial score (nSPS) is 12.1. The van der Waals surface area contributed by atoms with Crippen LogP contribution >= 0.6 is 15.9 Å². The zero-order valence-corrected chi connectivity index (χ0v) is 12.6. The second kappa shape index (κ2) is 6.10. The molecule has 1 atom stereocenters. The SMILES string of the molecule is Nc1cccnc1S(=O)Cc1cccc([N+](=O)[O-])c1Br. The van der Waals surface area contributed by atoms with E-state index in [0.717, 1.165) is 0 Å². The number of anilines is 1. The zero-order valence-electron chi connectivity index (χ0n) is 10.2. The van der Waals surface area contributed by atoms with Crippen molar-refractivity contribution < 1.29 is 9.13 Å². The maximum atomic E-state index is 12.2. The van der Waals surface area contributed by atoms with Crippen LogP contribution in [0.2, 0.25) is 0 Å². The molecule has 1 aromatic heterocycles. The molecule has 104 valence electrons. The van der Waals surface area contributed by atoms with E-state index in [9.17, 15) is 14.3 Å². The molecule has 0 amide bonds. The van der Waals surface area contributed by atoms with Gasteiger partial charge in [-0.15, -0.1) is 0 Å². The highest BCUT2D eigenvalue weighted by atomic mass is 79.9. The fourth-order valence-electron chi connectivity index (χ4n) is 1.62. The monoisotopic (exact) mass is 355 g/mol. The van der Waals surface area contributed by atoms with Crippen LogP contribution in [0.15, 0.2) is 46.0 Å². The van der Waals surface area contributed by atoms with Crippen molar-refractivity contribution >= 4 is 38.1 Å². The lowest BCUT2D eigenvalue weighted by atomic mass is 10.2. The van der Waals surface area contributed by atoms with Crippen molar-refractivity contribution in [1.29, 1.82) is 0 Å². The smallest absolute Gasteiger partial charge is 0.283 e. The molecule has 1 unspecified atom stereocenters. The fraction of sp³-hybridized carbons (Fsp3) is 0.0833. The number of nitrogens with two attached hydrogens (primary N) is 1. The third-order valence-corrected chi connectivity index (χ3v) is 4.82. The molecule has 0 spiro atoms. The molecule has 0 aliphatic rings. The molecule has 2 rings (SSSR count). The number of hydrogen-bond acceptors (Lipinski definition) is 5. The van der Waals surface area contributed by atoms with Gasteiger partial charge >= 0.3 is 0 Å². The number of halogens is 1. The molecular formula is C12H10BrN3O3S. The van der Waals surface area contributed by atoms with E-state index in [-0.39, 0.29) is 16.5 Å². The van der Waals surface area contributed by atoms with E-state index in [4.69, 9.17) is 5.73 Å². The molecule has 0 aliphatic heterocycles. The Morgan fingerprint density at radius 3 is 2.75 bits per heavy atom. The number of nitrogen functional groups attached to an aromatic ring is 1. The van der Waals surface area contributed by atoms with Crippen molar-refractivity contribution in [2.75, 3.05) is 5.73 Å². The van der Waals surface area contributed by atoms with Gasteiger partial charge in [0.2, 0.25) is 0 Å². The average molecular weight is 356 g/mol. The van der Waals surface area contributed by atoms with E-state index in [0.29, 0.717) is 15.7 Å². The number of nitro benzene ring substituents is 1. The van der Waals surface area contributed by atoms with Crippen LogP contribution in [0.3, 0.4) is 0 Å². The summed E-state index contributed by atoms with van der Waals surface area (Å²) in [7, 11) is -1.47. The molecule has 0 radical (unpaired) electrons. The molecule has 20 heavy (non-hydrogen) atoms. The first-order valence-corrected chi connectivity index (χ1v) is 7.62. The molecule has 6 nitrogen and oxygen atoms in total. The van der Waals surface area contributed by atoms with Gasteiger partial charge in [-0.2, -0.15) is 0 Å². The second-order valence-electron chi connectivity index (χ2n) is 3.89. The lowest BCUT2D eigenvalue weighted by molar-refractivity contribution is -0.385. The lowest BCUT2D eigenvalue weighted by Crippen LogP contribution is -2.04.